The largest absolute Gasteiger partial charge is 0.495 e. The van der Waals surface area contributed by atoms with Crippen LogP contribution in [0.25, 0.3) is 0 Å². The molecule has 0 aliphatic carbocycles. The average Bonchev–Trinajstić information content (AvgIpc) is 2.68. The first-order chi connectivity index (χ1) is 12.4. The van der Waals surface area contributed by atoms with Gasteiger partial charge in [-0.15, -0.1) is 0 Å². The number of methoxy groups -OCH3 is 1. The van der Waals surface area contributed by atoms with E-state index in [9.17, 15) is 13.2 Å². The second-order valence-electron chi connectivity index (χ2n) is 5.90. The molecule has 0 bridgehead atoms. The molecule has 1 saturated heterocycles. The van der Waals surface area contributed by atoms with Gasteiger partial charge in [0.1, 0.15) is 10.6 Å². The van der Waals surface area contributed by atoms with Crippen molar-refractivity contribution in [2.24, 2.45) is 0 Å². The number of carboxylic acids is 1. The van der Waals surface area contributed by atoms with Crippen LogP contribution in [-0.4, -0.2) is 57.1 Å². The third kappa shape index (κ3) is 3.51. The third-order valence-electron chi connectivity index (χ3n) is 4.39. The number of piperazine rings is 1. The van der Waals surface area contributed by atoms with Gasteiger partial charge in [0.05, 0.1) is 12.7 Å². The summed E-state index contributed by atoms with van der Waals surface area (Å²) in [4.78, 5) is 13.2. The zero-order valence-electron chi connectivity index (χ0n) is 14.3. The molecule has 1 fully saturated rings. The van der Waals surface area contributed by atoms with Crippen molar-refractivity contribution < 1.29 is 23.1 Å². The van der Waals surface area contributed by atoms with Gasteiger partial charge in [-0.3, -0.25) is 0 Å². The van der Waals surface area contributed by atoms with Crippen molar-refractivity contribution in [2.45, 2.75) is 4.90 Å². The van der Waals surface area contributed by atoms with Gasteiger partial charge in [-0.25, -0.2) is 13.2 Å². The van der Waals surface area contributed by atoms with E-state index in [1.807, 2.05) is 30.3 Å². The number of carbonyl (C=O) groups is 1. The fourth-order valence-corrected chi connectivity index (χ4v) is 4.58. The molecule has 2 aromatic rings. The summed E-state index contributed by atoms with van der Waals surface area (Å²) in [6, 6.07) is 13.7. The molecule has 7 nitrogen and oxygen atoms in total. The Balaban J connectivity index is 1.83. The van der Waals surface area contributed by atoms with E-state index in [-0.39, 0.29) is 16.2 Å². The fraction of sp³-hybridized carbons (Fsp3) is 0.278. The molecule has 0 saturated carbocycles. The molecule has 2 aromatic carbocycles. The Morgan fingerprint density at radius 1 is 1.04 bits per heavy atom. The normalized spacial score (nSPS) is 15.7. The van der Waals surface area contributed by atoms with Gasteiger partial charge in [0.25, 0.3) is 0 Å². The van der Waals surface area contributed by atoms with Crippen LogP contribution in [0.2, 0.25) is 0 Å². The maximum absolute atomic E-state index is 13.0. The van der Waals surface area contributed by atoms with E-state index in [1.165, 1.54) is 23.5 Å². The van der Waals surface area contributed by atoms with Gasteiger partial charge in [-0.1, -0.05) is 18.2 Å². The van der Waals surface area contributed by atoms with Crippen molar-refractivity contribution in [3.63, 3.8) is 0 Å². The number of nitrogens with zero attached hydrogens (tertiary/aromatic N) is 2. The van der Waals surface area contributed by atoms with E-state index >= 15 is 0 Å². The minimum absolute atomic E-state index is 0.0905. The molecular weight excluding hydrogens is 356 g/mol. The number of carboxylic acid groups (broad SMARTS) is 1. The zero-order valence-corrected chi connectivity index (χ0v) is 15.1. The van der Waals surface area contributed by atoms with Crippen molar-refractivity contribution in [3.8, 4) is 5.75 Å². The van der Waals surface area contributed by atoms with Crippen LogP contribution in [0.1, 0.15) is 10.4 Å². The topological polar surface area (TPSA) is 87.1 Å². The summed E-state index contributed by atoms with van der Waals surface area (Å²) in [5.41, 5.74) is 0.960. The molecule has 0 unspecified atom stereocenters. The Hall–Kier alpha value is -2.58. The summed E-state index contributed by atoms with van der Waals surface area (Å²) < 4.78 is 32.5. The summed E-state index contributed by atoms with van der Waals surface area (Å²) in [5, 5.41) is 9.15. The number of aromatic carboxylic acids is 1. The number of hydrogen-bond donors (Lipinski definition) is 1. The Labute approximate surface area is 152 Å². The van der Waals surface area contributed by atoms with Crippen LogP contribution in [0.3, 0.4) is 0 Å². The molecule has 3 rings (SSSR count). The number of benzene rings is 2. The van der Waals surface area contributed by atoms with E-state index in [4.69, 9.17) is 9.84 Å². The van der Waals surface area contributed by atoms with E-state index in [2.05, 4.69) is 4.90 Å². The van der Waals surface area contributed by atoms with Crippen LogP contribution < -0.4 is 9.64 Å². The third-order valence-corrected chi connectivity index (χ3v) is 6.31. The molecule has 26 heavy (non-hydrogen) atoms. The van der Waals surface area contributed by atoms with Crippen molar-refractivity contribution in [2.75, 3.05) is 38.2 Å². The first-order valence-electron chi connectivity index (χ1n) is 8.15. The highest BCUT2D eigenvalue weighted by molar-refractivity contribution is 7.89. The Morgan fingerprint density at radius 3 is 2.27 bits per heavy atom. The summed E-state index contributed by atoms with van der Waals surface area (Å²) >= 11 is 0. The smallest absolute Gasteiger partial charge is 0.335 e. The molecule has 1 aliphatic rings. The van der Waals surface area contributed by atoms with Crippen molar-refractivity contribution >= 4 is 21.7 Å². The fourth-order valence-electron chi connectivity index (χ4n) is 2.98. The molecule has 1 N–H and O–H groups in total. The second-order valence-corrected chi connectivity index (χ2v) is 7.80. The number of sulfonamides is 1. The van der Waals surface area contributed by atoms with Crippen LogP contribution in [0, 0.1) is 0 Å². The molecule has 0 amide bonds. The zero-order chi connectivity index (χ0) is 18.7. The Kier molecular flexibility index (Phi) is 5.15. The van der Waals surface area contributed by atoms with Crippen molar-refractivity contribution in [3.05, 3.63) is 54.1 Å². The average molecular weight is 376 g/mol. The van der Waals surface area contributed by atoms with Gasteiger partial charge in [-0.2, -0.15) is 4.31 Å². The predicted octanol–water partition coefficient (Wildman–Crippen LogP) is 1.90. The number of anilines is 1. The Morgan fingerprint density at radius 2 is 1.69 bits per heavy atom. The lowest BCUT2D eigenvalue weighted by atomic mass is 10.2. The van der Waals surface area contributed by atoms with Gasteiger partial charge in [0.2, 0.25) is 10.0 Å². The van der Waals surface area contributed by atoms with E-state index in [0.29, 0.717) is 26.2 Å². The van der Waals surface area contributed by atoms with Crippen LogP contribution >= 0.6 is 0 Å². The maximum atomic E-state index is 13.0. The summed E-state index contributed by atoms with van der Waals surface area (Å²) in [6.07, 6.45) is 0. The van der Waals surface area contributed by atoms with E-state index < -0.39 is 16.0 Å². The number of ether oxygens (including phenoxy) is 1. The van der Waals surface area contributed by atoms with E-state index in [1.54, 1.807) is 0 Å². The van der Waals surface area contributed by atoms with Gasteiger partial charge in [0, 0.05) is 31.9 Å². The minimum atomic E-state index is -3.85. The first-order valence-corrected chi connectivity index (χ1v) is 9.59. The van der Waals surface area contributed by atoms with Crippen molar-refractivity contribution in [1.82, 2.24) is 4.31 Å². The molecule has 0 atom stereocenters. The SMILES string of the molecule is COc1ccc(C(=O)O)cc1S(=O)(=O)N1CCN(c2ccccc2)CC1. The highest BCUT2D eigenvalue weighted by atomic mass is 32.2. The molecule has 0 radical (unpaired) electrons. The minimum Gasteiger partial charge on any atom is -0.495 e. The summed E-state index contributed by atoms with van der Waals surface area (Å²) in [6.45, 7) is 1.75. The second kappa shape index (κ2) is 7.35. The standard InChI is InChI=1S/C18H20N2O5S/c1-25-16-8-7-14(18(21)22)13-17(16)26(23,24)20-11-9-19(10-12-20)15-5-3-2-4-6-15/h2-8,13H,9-12H2,1H3,(H,21,22). The highest BCUT2D eigenvalue weighted by Gasteiger charge is 2.31. The lowest BCUT2D eigenvalue weighted by molar-refractivity contribution is 0.0696. The van der Waals surface area contributed by atoms with E-state index in [0.717, 1.165) is 11.8 Å². The molecule has 0 aromatic heterocycles. The number of hydrogen-bond acceptors (Lipinski definition) is 5. The lowest BCUT2D eigenvalue weighted by Gasteiger charge is -2.35. The Bertz CT molecular complexity index is 891. The van der Waals surface area contributed by atoms with Gasteiger partial charge >= 0.3 is 5.97 Å². The lowest BCUT2D eigenvalue weighted by Crippen LogP contribution is -2.48. The first kappa shape index (κ1) is 18.2. The monoisotopic (exact) mass is 376 g/mol. The van der Waals surface area contributed by atoms with Crippen LogP contribution in [0.5, 0.6) is 5.75 Å². The van der Waals surface area contributed by atoms with Crippen LogP contribution in [0.15, 0.2) is 53.4 Å². The molecule has 1 aliphatic heterocycles. The van der Waals surface area contributed by atoms with Crippen LogP contribution in [0.4, 0.5) is 5.69 Å². The highest BCUT2D eigenvalue weighted by Crippen LogP contribution is 2.29. The van der Waals surface area contributed by atoms with Crippen LogP contribution in [-0.2, 0) is 10.0 Å². The van der Waals surface area contributed by atoms with Gasteiger partial charge in [0.15, 0.2) is 0 Å². The predicted molar refractivity (Wildman–Crippen MR) is 97.4 cm³/mol. The molecule has 0 spiro atoms. The molecular formula is C18H20N2O5S. The summed E-state index contributed by atoms with van der Waals surface area (Å²) in [7, 11) is -2.48. The van der Waals surface area contributed by atoms with Gasteiger partial charge < -0.3 is 14.7 Å². The summed E-state index contributed by atoms with van der Waals surface area (Å²) in [5.74, 6) is -1.04. The number of rotatable bonds is 5. The van der Waals surface area contributed by atoms with Crippen molar-refractivity contribution in [1.29, 1.82) is 0 Å². The molecule has 1 heterocycles. The maximum Gasteiger partial charge on any atom is 0.335 e. The number of para-hydroxylation sites is 1. The molecule has 8 heteroatoms. The molecule has 138 valence electrons. The van der Waals surface area contributed by atoms with Gasteiger partial charge in [-0.05, 0) is 30.3 Å². The quantitative estimate of drug-likeness (QED) is 0.858.